The van der Waals surface area contributed by atoms with Gasteiger partial charge in [0, 0.05) is 0 Å². The quantitative estimate of drug-likeness (QED) is 0.660. The molecule has 146 valence electrons. The molecule has 1 saturated heterocycles. The van der Waals surface area contributed by atoms with Crippen LogP contribution >= 0.6 is 0 Å². The van der Waals surface area contributed by atoms with Crippen LogP contribution in [-0.4, -0.2) is 39.3 Å². The van der Waals surface area contributed by atoms with Crippen LogP contribution in [0.5, 0.6) is 0 Å². The highest BCUT2D eigenvalue weighted by molar-refractivity contribution is 5.27. The normalized spacial score (nSPS) is 23.9. The van der Waals surface area contributed by atoms with Gasteiger partial charge in [0.15, 0.2) is 0 Å². The van der Waals surface area contributed by atoms with Gasteiger partial charge in [-0.05, 0) is 69.7 Å². The highest BCUT2D eigenvalue weighted by Crippen LogP contribution is 2.29. The predicted molar refractivity (Wildman–Crippen MR) is 114 cm³/mol. The standard InChI is InChI=1S/C23H34N4/c1-3-10-20(11-4-1)22-23(21-12-5-2-6-13-21)27-19-9-17-25-15-7-14-24-16-8-18-26-22/h1-6,10-13,22-27H,7-9,14-19H2/t22-,23+. The summed E-state index contributed by atoms with van der Waals surface area (Å²) in [5.41, 5.74) is 2.68. The van der Waals surface area contributed by atoms with Gasteiger partial charge in [0.25, 0.3) is 0 Å². The smallest absolute Gasteiger partial charge is 0.0518 e. The Morgan fingerprint density at radius 1 is 0.481 bits per heavy atom. The molecule has 4 nitrogen and oxygen atoms in total. The molecule has 4 N–H and O–H groups in total. The summed E-state index contributed by atoms with van der Waals surface area (Å²) >= 11 is 0. The van der Waals surface area contributed by atoms with Crippen molar-refractivity contribution < 1.29 is 0 Å². The fourth-order valence-electron chi connectivity index (χ4n) is 3.71. The molecule has 1 heterocycles. The Kier molecular flexibility index (Phi) is 8.81. The molecular formula is C23H34N4. The van der Waals surface area contributed by atoms with Gasteiger partial charge in [-0.1, -0.05) is 60.7 Å². The van der Waals surface area contributed by atoms with Gasteiger partial charge in [0.05, 0.1) is 12.1 Å². The van der Waals surface area contributed by atoms with E-state index >= 15 is 0 Å². The lowest BCUT2D eigenvalue weighted by Crippen LogP contribution is -2.37. The molecule has 2 atom stereocenters. The van der Waals surface area contributed by atoms with E-state index in [0.29, 0.717) is 0 Å². The summed E-state index contributed by atoms with van der Waals surface area (Å²) in [6.45, 7) is 6.35. The van der Waals surface area contributed by atoms with Crippen molar-refractivity contribution >= 4 is 0 Å². The first-order valence-corrected chi connectivity index (χ1v) is 10.4. The minimum atomic E-state index is 0.256. The maximum absolute atomic E-state index is 3.84. The Morgan fingerprint density at radius 2 is 0.852 bits per heavy atom. The van der Waals surface area contributed by atoms with Crippen LogP contribution < -0.4 is 21.3 Å². The van der Waals surface area contributed by atoms with E-state index in [1.165, 1.54) is 17.5 Å². The molecule has 0 radical (unpaired) electrons. The van der Waals surface area contributed by atoms with Crippen molar-refractivity contribution in [3.63, 3.8) is 0 Å². The monoisotopic (exact) mass is 366 g/mol. The minimum Gasteiger partial charge on any atom is -0.317 e. The van der Waals surface area contributed by atoms with Gasteiger partial charge >= 0.3 is 0 Å². The predicted octanol–water partition coefficient (Wildman–Crippen LogP) is 3.01. The van der Waals surface area contributed by atoms with Gasteiger partial charge in [0.1, 0.15) is 0 Å². The summed E-state index contributed by atoms with van der Waals surface area (Å²) in [7, 11) is 0. The van der Waals surface area contributed by atoms with Crippen LogP contribution in [0.1, 0.15) is 42.5 Å². The van der Waals surface area contributed by atoms with E-state index in [1.807, 2.05) is 0 Å². The topological polar surface area (TPSA) is 48.1 Å². The Hall–Kier alpha value is -1.72. The first-order chi connectivity index (χ1) is 13.4. The second-order valence-electron chi connectivity index (χ2n) is 7.25. The van der Waals surface area contributed by atoms with Crippen molar-refractivity contribution in [3.8, 4) is 0 Å². The third kappa shape index (κ3) is 6.74. The number of nitrogens with one attached hydrogen (secondary N) is 4. The van der Waals surface area contributed by atoms with Crippen LogP contribution in [-0.2, 0) is 0 Å². The lowest BCUT2D eigenvalue weighted by atomic mass is 9.93. The van der Waals surface area contributed by atoms with Gasteiger partial charge in [-0.25, -0.2) is 0 Å². The van der Waals surface area contributed by atoms with Crippen LogP contribution in [0.4, 0.5) is 0 Å². The van der Waals surface area contributed by atoms with Crippen molar-refractivity contribution in [2.24, 2.45) is 0 Å². The fraction of sp³-hybridized carbons (Fsp3) is 0.478. The molecule has 4 heteroatoms. The molecule has 0 aliphatic carbocycles. The molecule has 0 saturated carbocycles. The van der Waals surface area contributed by atoms with E-state index in [1.54, 1.807) is 0 Å². The summed E-state index contributed by atoms with van der Waals surface area (Å²) in [5.74, 6) is 0. The molecule has 1 aliphatic rings. The lowest BCUT2D eigenvalue weighted by Gasteiger charge is -2.30. The summed E-state index contributed by atoms with van der Waals surface area (Å²) in [4.78, 5) is 0. The second-order valence-corrected chi connectivity index (χ2v) is 7.25. The maximum atomic E-state index is 3.84. The van der Waals surface area contributed by atoms with Crippen molar-refractivity contribution in [2.75, 3.05) is 39.3 Å². The van der Waals surface area contributed by atoms with E-state index in [4.69, 9.17) is 0 Å². The molecule has 2 aromatic rings. The molecular weight excluding hydrogens is 332 g/mol. The Balaban J connectivity index is 1.79. The van der Waals surface area contributed by atoms with Crippen molar-refractivity contribution in [3.05, 3.63) is 71.8 Å². The van der Waals surface area contributed by atoms with Crippen LogP contribution in [0.3, 0.4) is 0 Å². The minimum absolute atomic E-state index is 0.256. The molecule has 0 aromatic heterocycles. The molecule has 0 amide bonds. The Morgan fingerprint density at radius 3 is 1.26 bits per heavy atom. The zero-order chi connectivity index (χ0) is 18.6. The maximum Gasteiger partial charge on any atom is 0.0518 e. The third-order valence-electron chi connectivity index (χ3n) is 5.15. The molecule has 2 aromatic carbocycles. The number of benzene rings is 2. The summed E-state index contributed by atoms with van der Waals surface area (Å²) < 4.78 is 0. The van der Waals surface area contributed by atoms with E-state index in [2.05, 4.69) is 81.9 Å². The van der Waals surface area contributed by atoms with Crippen molar-refractivity contribution in [1.82, 2.24) is 21.3 Å². The number of rotatable bonds is 2. The molecule has 0 bridgehead atoms. The molecule has 0 unspecified atom stereocenters. The van der Waals surface area contributed by atoms with E-state index in [9.17, 15) is 0 Å². The van der Waals surface area contributed by atoms with Gasteiger partial charge in [-0.3, -0.25) is 0 Å². The first-order valence-electron chi connectivity index (χ1n) is 10.4. The first kappa shape index (κ1) is 20.0. The zero-order valence-electron chi connectivity index (χ0n) is 16.3. The average molecular weight is 367 g/mol. The largest absolute Gasteiger partial charge is 0.317 e. The molecule has 1 fully saturated rings. The second kappa shape index (κ2) is 11.9. The third-order valence-corrected chi connectivity index (χ3v) is 5.15. The summed E-state index contributed by atoms with van der Waals surface area (Å²) in [6, 6.07) is 22.2. The summed E-state index contributed by atoms with van der Waals surface area (Å²) in [6.07, 6.45) is 3.47. The number of hydrogen-bond acceptors (Lipinski definition) is 4. The van der Waals surface area contributed by atoms with Gasteiger partial charge in [-0.15, -0.1) is 0 Å². The van der Waals surface area contributed by atoms with Gasteiger partial charge in [-0.2, -0.15) is 0 Å². The fourth-order valence-corrected chi connectivity index (χ4v) is 3.71. The van der Waals surface area contributed by atoms with Crippen LogP contribution in [0.25, 0.3) is 0 Å². The van der Waals surface area contributed by atoms with Crippen LogP contribution in [0.2, 0.25) is 0 Å². The molecule has 27 heavy (non-hydrogen) atoms. The lowest BCUT2D eigenvalue weighted by molar-refractivity contribution is 0.379. The van der Waals surface area contributed by atoms with Crippen molar-refractivity contribution in [1.29, 1.82) is 0 Å². The van der Waals surface area contributed by atoms with Crippen molar-refractivity contribution in [2.45, 2.75) is 31.3 Å². The van der Waals surface area contributed by atoms with Gasteiger partial charge in [0.2, 0.25) is 0 Å². The average Bonchev–Trinajstić information content (AvgIpc) is 2.74. The highest BCUT2D eigenvalue weighted by Gasteiger charge is 2.23. The molecule has 0 spiro atoms. The Bertz CT molecular complexity index is 561. The van der Waals surface area contributed by atoms with E-state index in [-0.39, 0.29) is 12.1 Å². The number of hydrogen-bond donors (Lipinski definition) is 4. The zero-order valence-corrected chi connectivity index (χ0v) is 16.3. The highest BCUT2D eigenvalue weighted by atomic mass is 15.0. The van der Waals surface area contributed by atoms with E-state index < -0.39 is 0 Å². The van der Waals surface area contributed by atoms with E-state index in [0.717, 1.165) is 52.1 Å². The van der Waals surface area contributed by atoms with Crippen LogP contribution in [0, 0.1) is 0 Å². The molecule has 3 rings (SSSR count). The summed E-state index contributed by atoms with van der Waals surface area (Å²) in [5, 5.41) is 14.8. The van der Waals surface area contributed by atoms with Crippen LogP contribution in [0.15, 0.2) is 60.7 Å². The molecule has 1 aliphatic heterocycles. The Labute approximate surface area is 164 Å². The van der Waals surface area contributed by atoms with Gasteiger partial charge < -0.3 is 21.3 Å². The SMILES string of the molecule is c1ccc([C@H]2NCCCNCCCNCCCN[C@H]2c2ccccc2)cc1.